The Balaban J connectivity index is 1.75. The molecule has 32 heavy (non-hydrogen) atoms. The lowest BCUT2D eigenvalue weighted by atomic mass is 10.1. The smallest absolute Gasteiger partial charge is 0.308 e. The maximum atomic E-state index is 13.3. The van der Waals surface area contributed by atoms with E-state index in [2.05, 4.69) is 10.6 Å². The average molecular weight is 435 g/mol. The fourth-order valence-electron chi connectivity index (χ4n) is 3.33. The molecule has 2 N–H and O–H groups in total. The molecule has 0 aliphatic carbocycles. The summed E-state index contributed by atoms with van der Waals surface area (Å²) in [5.41, 5.74) is 1.56. The standard InChI is InChI=1S/C24H25N3O5/c1-17(28)26-20(14-18-8-4-2-5-9-18)24(31)27-13-12-25-23(30)21(27)15-22(29)32-16-19-10-6-3-7-11-19/h2-11,14,21H,12-13,15-16H2,1H3,(H,25,30)(H,26,28)/b20-14-/t21-/m0/s1. The van der Waals surface area contributed by atoms with Gasteiger partial charge in [0.25, 0.3) is 5.91 Å². The molecule has 0 bridgehead atoms. The Morgan fingerprint density at radius 1 is 1.09 bits per heavy atom. The van der Waals surface area contributed by atoms with Crippen molar-refractivity contribution < 1.29 is 23.9 Å². The van der Waals surface area contributed by atoms with Crippen LogP contribution in [0.2, 0.25) is 0 Å². The van der Waals surface area contributed by atoms with Crippen LogP contribution in [-0.2, 0) is 30.5 Å². The first-order valence-corrected chi connectivity index (χ1v) is 10.3. The summed E-state index contributed by atoms with van der Waals surface area (Å²) >= 11 is 0. The summed E-state index contributed by atoms with van der Waals surface area (Å²) in [5, 5.41) is 5.22. The maximum absolute atomic E-state index is 13.3. The lowest BCUT2D eigenvalue weighted by molar-refractivity contribution is -0.152. The molecular formula is C24H25N3O5. The molecule has 166 valence electrons. The van der Waals surface area contributed by atoms with E-state index in [0.717, 1.165) is 5.56 Å². The predicted octanol–water partition coefficient (Wildman–Crippen LogP) is 1.62. The summed E-state index contributed by atoms with van der Waals surface area (Å²) in [5.74, 6) is -1.99. The highest BCUT2D eigenvalue weighted by molar-refractivity contribution is 6.03. The third-order valence-corrected chi connectivity index (χ3v) is 4.85. The third-order valence-electron chi connectivity index (χ3n) is 4.85. The van der Waals surface area contributed by atoms with E-state index in [0.29, 0.717) is 5.56 Å². The van der Waals surface area contributed by atoms with E-state index >= 15 is 0 Å². The van der Waals surface area contributed by atoms with Crippen molar-refractivity contribution in [3.63, 3.8) is 0 Å². The maximum Gasteiger partial charge on any atom is 0.308 e. The fraction of sp³-hybridized carbons (Fsp3) is 0.250. The van der Waals surface area contributed by atoms with Gasteiger partial charge in [0.2, 0.25) is 11.8 Å². The number of rotatable bonds is 7. The molecule has 1 aliphatic rings. The first-order chi connectivity index (χ1) is 15.4. The minimum Gasteiger partial charge on any atom is -0.461 e. The summed E-state index contributed by atoms with van der Waals surface area (Å²) in [4.78, 5) is 51.2. The van der Waals surface area contributed by atoms with E-state index < -0.39 is 29.7 Å². The van der Waals surface area contributed by atoms with Crippen molar-refractivity contribution >= 4 is 29.8 Å². The van der Waals surface area contributed by atoms with Gasteiger partial charge in [-0.25, -0.2) is 0 Å². The fourth-order valence-corrected chi connectivity index (χ4v) is 3.33. The van der Waals surface area contributed by atoms with Gasteiger partial charge in [-0.05, 0) is 17.2 Å². The van der Waals surface area contributed by atoms with E-state index in [9.17, 15) is 19.2 Å². The zero-order valence-corrected chi connectivity index (χ0v) is 17.7. The number of carbonyl (C=O) groups is 4. The summed E-state index contributed by atoms with van der Waals surface area (Å²) < 4.78 is 5.29. The lowest BCUT2D eigenvalue weighted by Gasteiger charge is -2.35. The summed E-state index contributed by atoms with van der Waals surface area (Å²) in [6.45, 7) is 1.83. The number of hydrogen-bond acceptors (Lipinski definition) is 5. The largest absolute Gasteiger partial charge is 0.461 e. The van der Waals surface area contributed by atoms with Gasteiger partial charge < -0.3 is 20.3 Å². The van der Waals surface area contributed by atoms with E-state index in [-0.39, 0.29) is 31.8 Å². The zero-order valence-electron chi connectivity index (χ0n) is 17.7. The molecule has 0 aromatic heterocycles. The third kappa shape index (κ3) is 6.28. The van der Waals surface area contributed by atoms with Crippen molar-refractivity contribution in [2.45, 2.75) is 26.0 Å². The summed E-state index contributed by atoms with van der Waals surface area (Å²) in [7, 11) is 0. The molecule has 0 spiro atoms. The highest BCUT2D eigenvalue weighted by Crippen LogP contribution is 2.16. The van der Waals surface area contributed by atoms with E-state index in [1.54, 1.807) is 18.2 Å². The molecule has 0 radical (unpaired) electrons. The van der Waals surface area contributed by atoms with Gasteiger partial charge >= 0.3 is 5.97 Å². The predicted molar refractivity (Wildman–Crippen MR) is 118 cm³/mol. The van der Waals surface area contributed by atoms with Crippen molar-refractivity contribution in [1.82, 2.24) is 15.5 Å². The molecule has 0 saturated carbocycles. The number of hydrogen-bond donors (Lipinski definition) is 2. The van der Waals surface area contributed by atoms with Crippen LogP contribution in [0.4, 0.5) is 0 Å². The second-order valence-electron chi connectivity index (χ2n) is 7.31. The Bertz CT molecular complexity index is 1000. The van der Waals surface area contributed by atoms with Gasteiger partial charge in [0.05, 0.1) is 6.42 Å². The molecule has 2 aromatic rings. The van der Waals surface area contributed by atoms with Crippen LogP contribution in [0.15, 0.2) is 66.4 Å². The number of ether oxygens (including phenoxy) is 1. The number of benzene rings is 2. The molecule has 1 aliphatic heterocycles. The Kier molecular flexibility index (Phi) is 7.75. The Labute approximate surface area is 186 Å². The molecule has 3 amide bonds. The van der Waals surface area contributed by atoms with Gasteiger partial charge in [-0.2, -0.15) is 0 Å². The molecule has 1 fully saturated rings. The van der Waals surface area contributed by atoms with Crippen LogP contribution in [0.5, 0.6) is 0 Å². The van der Waals surface area contributed by atoms with Crippen LogP contribution in [-0.4, -0.2) is 47.7 Å². The summed E-state index contributed by atoms with van der Waals surface area (Å²) in [6.07, 6.45) is 1.25. The normalized spacial score (nSPS) is 16.2. The van der Waals surface area contributed by atoms with Crippen LogP contribution in [0.25, 0.3) is 6.08 Å². The lowest BCUT2D eigenvalue weighted by Crippen LogP contribution is -2.58. The Hall–Kier alpha value is -3.94. The molecule has 1 saturated heterocycles. The number of esters is 1. The van der Waals surface area contributed by atoms with Crippen LogP contribution >= 0.6 is 0 Å². The molecule has 8 heteroatoms. The van der Waals surface area contributed by atoms with Crippen molar-refractivity contribution in [3.8, 4) is 0 Å². The first kappa shape index (κ1) is 22.7. The van der Waals surface area contributed by atoms with Gasteiger partial charge in [-0.1, -0.05) is 60.7 Å². The zero-order chi connectivity index (χ0) is 22.9. The van der Waals surface area contributed by atoms with Crippen LogP contribution < -0.4 is 10.6 Å². The average Bonchev–Trinajstić information content (AvgIpc) is 2.79. The second kappa shape index (κ2) is 10.9. The minimum absolute atomic E-state index is 0.0288. The van der Waals surface area contributed by atoms with Crippen molar-refractivity contribution in [1.29, 1.82) is 0 Å². The summed E-state index contributed by atoms with van der Waals surface area (Å²) in [6, 6.07) is 17.2. The molecular weight excluding hydrogens is 410 g/mol. The molecule has 0 unspecified atom stereocenters. The van der Waals surface area contributed by atoms with Gasteiger partial charge in [-0.15, -0.1) is 0 Å². The monoisotopic (exact) mass is 435 g/mol. The highest BCUT2D eigenvalue weighted by atomic mass is 16.5. The Morgan fingerprint density at radius 3 is 2.41 bits per heavy atom. The second-order valence-corrected chi connectivity index (χ2v) is 7.31. The highest BCUT2D eigenvalue weighted by Gasteiger charge is 2.36. The first-order valence-electron chi connectivity index (χ1n) is 10.3. The van der Waals surface area contributed by atoms with Crippen molar-refractivity contribution in [2.75, 3.05) is 13.1 Å². The molecule has 8 nitrogen and oxygen atoms in total. The molecule has 2 aromatic carbocycles. The SMILES string of the molecule is CC(=O)N/C(=C\c1ccccc1)C(=O)N1CCNC(=O)[C@@H]1CC(=O)OCc1ccccc1. The van der Waals surface area contributed by atoms with Gasteiger partial charge in [0.1, 0.15) is 18.3 Å². The van der Waals surface area contributed by atoms with Crippen LogP contribution in [0, 0.1) is 0 Å². The Morgan fingerprint density at radius 2 is 1.75 bits per heavy atom. The van der Waals surface area contributed by atoms with Gasteiger partial charge in [0.15, 0.2) is 0 Å². The van der Waals surface area contributed by atoms with Gasteiger partial charge in [0, 0.05) is 20.0 Å². The van der Waals surface area contributed by atoms with E-state index in [1.807, 2.05) is 48.5 Å². The quantitative estimate of drug-likeness (QED) is 0.508. The van der Waals surface area contributed by atoms with Crippen molar-refractivity contribution in [2.24, 2.45) is 0 Å². The van der Waals surface area contributed by atoms with Gasteiger partial charge in [-0.3, -0.25) is 19.2 Å². The number of piperazine rings is 1. The number of carbonyl (C=O) groups excluding carboxylic acids is 4. The number of nitrogens with one attached hydrogen (secondary N) is 2. The van der Waals surface area contributed by atoms with Crippen molar-refractivity contribution in [3.05, 3.63) is 77.5 Å². The minimum atomic E-state index is -1.03. The molecule has 1 atom stereocenters. The van der Waals surface area contributed by atoms with E-state index in [4.69, 9.17) is 4.74 Å². The number of amides is 3. The molecule has 3 rings (SSSR count). The topological polar surface area (TPSA) is 105 Å². The van der Waals surface area contributed by atoms with E-state index in [1.165, 1.54) is 11.8 Å². The molecule has 1 heterocycles. The van der Waals surface area contributed by atoms with Crippen LogP contribution in [0.1, 0.15) is 24.5 Å². The number of nitrogens with zero attached hydrogens (tertiary/aromatic N) is 1. The van der Waals surface area contributed by atoms with Crippen LogP contribution in [0.3, 0.4) is 0 Å².